The molecule has 0 fully saturated rings. The van der Waals surface area contributed by atoms with Crippen LogP contribution in [0.2, 0.25) is 5.02 Å². The van der Waals surface area contributed by atoms with E-state index in [1.807, 2.05) is 39.0 Å². The van der Waals surface area contributed by atoms with Crippen LogP contribution in [0.4, 0.5) is 0 Å². The highest BCUT2D eigenvalue weighted by atomic mass is 35.5. The van der Waals surface area contributed by atoms with Crippen LogP contribution < -0.4 is 15.9 Å². The first-order valence-corrected chi connectivity index (χ1v) is 13.1. The monoisotopic (exact) mass is 486 g/mol. The summed E-state index contributed by atoms with van der Waals surface area (Å²) in [7, 11) is -0.779. The van der Waals surface area contributed by atoms with Gasteiger partial charge in [0, 0.05) is 5.02 Å². The molecule has 0 atom stereocenters. The van der Waals surface area contributed by atoms with Gasteiger partial charge < -0.3 is 4.74 Å². The highest BCUT2D eigenvalue weighted by molar-refractivity contribution is 7.80. The van der Waals surface area contributed by atoms with Crippen molar-refractivity contribution < 1.29 is 9.53 Å². The maximum Gasteiger partial charge on any atom is 0.316 e. The van der Waals surface area contributed by atoms with Crippen LogP contribution in [0.3, 0.4) is 0 Å². The lowest BCUT2D eigenvalue weighted by Crippen LogP contribution is -2.31. The average molecular weight is 487 g/mol. The number of hydrogen-bond donors (Lipinski definition) is 0. The lowest BCUT2D eigenvalue weighted by molar-refractivity contribution is -0.148. The van der Waals surface area contributed by atoms with Crippen LogP contribution >= 0.6 is 19.5 Å². The van der Waals surface area contributed by atoms with Crippen LogP contribution in [-0.2, 0) is 14.9 Å². The SMILES string of the molecule is CCOC(=O)C(C)(C)c1cc(-c2ccccc2P(c2ccccc2)c2ccccc2)ccc1Cl. The number of benzene rings is 4. The zero-order valence-electron chi connectivity index (χ0n) is 19.7. The van der Waals surface area contributed by atoms with Crippen molar-refractivity contribution in [2.24, 2.45) is 0 Å². The van der Waals surface area contributed by atoms with E-state index in [0.29, 0.717) is 11.6 Å². The predicted molar refractivity (Wildman–Crippen MR) is 145 cm³/mol. The van der Waals surface area contributed by atoms with E-state index in [0.717, 1.165) is 16.7 Å². The maximum atomic E-state index is 12.7. The fraction of sp³-hybridized carbons (Fsp3) is 0.167. The molecule has 0 saturated heterocycles. The second kappa shape index (κ2) is 10.6. The van der Waals surface area contributed by atoms with Gasteiger partial charge in [-0.05, 0) is 73.4 Å². The van der Waals surface area contributed by atoms with Crippen molar-refractivity contribution in [1.82, 2.24) is 0 Å². The van der Waals surface area contributed by atoms with E-state index < -0.39 is 13.3 Å². The Morgan fingerprint density at radius 2 is 1.38 bits per heavy atom. The van der Waals surface area contributed by atoms with Gasteiger partial charge >= 0.3 is 5.97 Å². The van der Waals surface area contributed by atoms with Gasteiger partial charge in [0.1, 0.15) is 0 Å². The Hall–Kier alpha value is -2.93. The molecule has 0 heterocycles. The number of carbonyl (C=O) groups excluding carboxylic acids is 1. The molecule has 0 aromatic heterocycles. The molecule has 0 unspecified atom stereocenters. The van der Waals surface area contributed by atoms with Crippen LogP contribution in [0.25, 0.3) is 11.1 Å². The number of halogens is 1. The minimum absolute atomic E-state index is 0.279. The van der Waals surface area contributed by atoms with Crippen LogP contribution in [-0.4, -0.2) is 12.6 Å². The van der Waals surface area contributed by atoms with E-state index in [9.17, 15) is 4.79 Å². The van der Waals surface area contributed by atoms with Gasteiger partial charge in [0.25, 0.3) is 0 Å². The highest BCUT2D eigenvalue weighted by Gasteiger charge is 2.34. The van der Waals surface area contributed by atoms with Gasteiger partial charge in [0.05, 0.1) is 12.0 Å². The fourth-order valence-corrected chi connectivity index (χ4v) is 6.92. The van der Waals surface area contributed by atoms with E-state index in [-0.39, 0.29) is 5.97 Å². The molecule has 0 aliphatic heterocycles. The van der Waals surface area contributed by atoms with E-state index in [4.69, 9.17) is 16.3 Å². The molecular formula is C30H28ClO2P. The zero-order valence-corrected chi connectivity index (χ0v) is 21.3. The molecular weight excluding hydrogens is 459 g/mol. The largest absolute Gasteiger partial charge is 0.465 e. The summed E-state index contributed by atoms with van der Waals surface area (Å²) in [5, 5.41) is 4.40. The molecule has 0 radical (unpaired) electrons. The molecule has 4 aromatic rings. The maximum absolute atomic E-state index is 12.7. The third-order valence-corrected chi connectivity index (χ3v) is 8.74. The molecule has 0 spiro atoms. The summed E-state index contributed by atoms with van der Waals surface area (Å²) >= 11 is 6.60. The van der Waals surface area contributed by atoms with Gasteiger partial charge in [0.15, 0.2) is 0 Å². The van der Waals surface area contributed by atoms with Crippen molar-refractivity contribution >= 4 is 41.4 Å². The standard InChI is InChI=1S/C30H28ClO2P/c1-4-33-29(32)30(2,3)26-21-22(19-20-27(26)31)25-17-11-12-18-28(25)34(23-13-7-5-8-14-23)24-15-9-6-10-16-24/h5-21H,4H2,1-3H3. The van der Waals surface area contributed by atoms with E-state index in [1.54, 1.807) is 0 Å². The normalized spacial score (nSPS) is 11.4. The molecule has 0 bridgehead atoms. The van der Waals surface area contributed by atoms with Gasteiger partial charge in [-0.2, -0.15) is 0 Å². The van der Waals surface area contributed by atoms with Crippen molar-refractivity contribution in [2.45, 2.75) is 26.2 Å². The van der Waals surface area contributed by atoms with Crippen LogP contribution in [0, 0.1) is 0 Å². The first-order chi connectivity index (χ1) is 16.4. The van der Waals surface area contributed by atoms with Crippen LogP contribution in [0.1, 0.15) is 26.3 Å². The molecule has 172 valence electrons. The summed E-state index contributed by atoms with van der Waals surface area (Å²) in [6, 6.07) is 35.8. The van der Waals surface area contributed by atoms with Gasteiger partial charge in [0.2, 0.25) is 0 Å². The van der Waals surface area contributed by atoms with E-state index >= 15 is 0 Å². The molecule has 4 rings (SSSR count). The number of carbonyl (C=O) groups is 1. The third kappa shape index (κ3) is 4.94. The summed E-state index contributed by atoms with van der Waals surface area (Å²) in [5.74, 6) is -0.279. The zero-order chi connectivity index (χ0) is 24.1. The quantitative estimate of drug-likeness (QED) is 0.217. The Kier molecular flexibility index (Phi) is 7.51. The Labute approximate surface area is 208 Å². The predicted octanol–water partition coefficient (Wildman–Crippen LogP) is 6.61. The second-order valence-electron chi connectivity index (χ2n) is 8.56. The van der Waals surface area contributed by atoms with Gasteiger partial charge in [-0.1, -0.05) is 103 Å². The third-order valence-electron chi connectivity index (χ3n) is 5.91. The van der Waals surface area contributed by atoms with Crippen molar-refractivity contribution in [3.8, 4) is 11.1 Å². The number of ether oxygens (including phenoxy) is 1. The summed E-state index contributed by atoms with van der Waals surface area (Å²) < 4.78 is 5.34. The Morgan fingerprint density at radius 3 is 1.97 bits per heavy atom. The Bertz CT molecular complexity index is 1230. The lowest BCUT2D eigenvalue weighted by atomic mass is 9.83. The topological polar surface area (TPSA) is 26.3 Å². The summed E-state index contributed by atoms with van der Waals surface area (Å²) in [6.07, 6.45) is 0. The van der Waals surface area contributed by atoms with Crippen molar-refractivity contribution in [3.63, 3.8) is 0 Å². The van der Waals surface area contributed by atoms with Crippen molar-refractivity contribution in [2.75, 3.05) is 6.61 Å². The molecule has 0 saturated carbocycles. The molecule has 0 N–H and O–H groups in total. The Balaban J connectivity index is 1.88. The average Bonchev–Trinajstić information content (AvgIpc) is 2.86. The summed E-state index contributed by atoms with van der Waals surface area (Å²) in [5.41, 5.74) is 2.08. The molecule has 34 heavy (non-hydrogen) atoms. The van der Waals surface area contributed by atoms with Gasteiger partial charge in [-0.25, -0.2) is 0 Å². The molecule has 4 aromatic carbocycles. The number of hydrogen-bond acceptors (Lipinski definition) is 2. The summed E-state index contributed by atoms with van der Waals surface area (Å²) in [4.78, 5) is 12.7. The lowest BCUT2D eigenvalue weighted by Gasteiger charge is -2.26. The molecule has 4 heteroatoms. The smallest absolute Gasteiger partial charge is 0.316 e. The van der Waals surface area contributed by atoms with Crippen molar-refractivity contribution in [3.05, 3.63) is 114 Å². The van der Waals surface area contributed by atoms with Crippen molar-refractivity contribution in [1.29, 1.82) is 0 Å². The number of rotatable bonds is 7. The first kappa shape index (κ1) is 24.2. The van der Waals surface area contributed by atoms with E-state index in [1.165, 1.54) is 15.9 Å². The van der Waals surface area contributed by atoms with Crippen LogP contribution in [0.15, 0.2) is 103 Å². The van der Waals surface area contributed by atoms with Gasteiger partial charge in [-0.15, -0.1) is 0 Å². The summed E-state index contributed by atoms with van der Waals surface area (Å²) in [6.45, 7) is 5.88. The fourth-order valence-electron chi connectivity index (χ4n) is 4.09. The minimum atomic E-state index is -0.859. The minimum Gasteiger partial charge on any atom is -0.465 e. The second-order valence-corrected chi connectivity index (χ2v) is 11.2. The first-order valence-electron chi connectivity index (χ1n) is 11.4. The molecule has 0 amide bonds. The van der Waals surface area contributed by atoms with Gasteiger partial charge in [-0.3, -0.25) is 4.79 Å². The number of esters is 1. The molecule has 2 nitrogen and oxygen atoms in total. The Morgan fingerprint density at radius 1 is 0.824 bits per heavy atom. The highest BCUT2D eigenvalue weighted by Crippen LogP contribution is 2.39. The molecule has 0 aliphatic carbocycles. The molecule has 0 aliphatic rings. The van der Waals surface area contributed by atoms with Crippen LogP contribution in [0.5, 0.6) is 0 Å². The van der Waals surface area contributed by atoms with E-state index in [2.05, 4.69) is 84.9 Å².